The maximum atomic E-state index is 12.0. The first kappa shape index (κ1) is 12.0. The molecule has 1 aromatic rings. The molecule has 1 aliphatic heterocycles. The summed E-state index contributed by atoms with van der Waals surface area (Å²) in [5.41, 5.74) is 1.76. The van der Waals surface area contributed by atoms with E-state index in [0.29, 0.717) is 13.2 Å². The summed E-state index contributed by atoms with van der Waals surface area (Å²) in [6.45, 7) is 3.00. The average Bonchev–Trinajstić information content (AvgIpc) is 2.77. The van der Waals surface area contributed by atoms with Gasteiger partial charge in [-0.1, -0.05) is 0 Å². The number of likely N-dealkylation sites (N-methyl/N-ethyl adjacent to an activating group) is 1. The molecule has 1 amide bonds. The highest BCUT2D eigenvalue weighted by molar-refractivity contribution is 5.93. The van der Waals surface area contributed by atoms with Crippen molar-refractivity contribution in [1.82, 2.24) is 10.3 Å². The maximum absolute atomic E-state index is 12.0. The summed E-state index contributed by atoms with van der Waals surface area (Å²) >= 11 is 0. The normalized spacial score (nSPS) is 23.6. The van der Waals surface area contributed by atoms with Crippen molar-refractivity contribution >= 4 is 11.6 Å². The van der Waals surface area contributed by atoms with Gasteiger partial charge in [0.25, 0.3) is 0 Å². The van der Waals surface area contributed by atoms with Gasteiger partial charge in [-0.25, -0.2) is 0 Å². The third-order valence-corrected chi connectivity index (χ3v) is 2.93. The van der Waals surface area contributed by atoms with E-state index in [0.717, 1.165) is 11.3 Å². The molecule has 5 nitrogen and oxygen atoms in total. The molecule has 0 radical (unpaired) electrons. The molecule has 0 spiro atoms. The fourth-order valence-corrected chi connectivity index (χ4v) is 1.96. The SMILES string of the molecule is CNC1COCC1C(=O)Nc1cncc(C)c1. The van der Waals surface area contributed by atoms with Crippen LogP contribution in [0.2, 0.25) is 0 Å². The predicted octanol–water partition coefficient (Wildman–Crippen LogP) is 0.563. The van der Waals surface area contributed by atoms with Crippen LogP contribution >= 0.6 is 0 Å². The van der Waals surface area contributed by atoms with Crippen LogP contribution in [0.1, 0.15) is 5.56 Å². The summed E-state index contributed by atoms with van der Waals surface area (Å²) in [5, 5.41) is 5.96. The first-order chi connectivity index (χ1) is 8.20. The molecule has 1 saturated heterocycles. The van der Waals surface area contributed by atoms with E-state index in [1.54, 1.807) is 12.4 Å². The second-order valence-electron chi connectivity index (χ2n) is 4.28. The minimum Gasteiger partial charge on any atom is -0.379 e. The van der Waals surface area contributed by atoms with Crippen molar-refractivity contribution in [1.29, 1.82) is 0 Å². The van der Waals surface area contributed by atoms with Crippen LogP contribution in [0, 0.1) is 12.8 Å². The highest BCUT2D eigenvalue weighted by atomic mass is 16.5. The van der Waals surface area contributed by atoms with Crippen LogP contribution in [0.15, 0.2) is 18.5 Å². The van der Waals surface area contributed by atoms with Crippen LogP contribution in [0.25, 0.3) is 0 Å². The fraction of sp³-hybridized carbons (Fsp3) is 0.500. The number of aromatic nitrogens is 1. The standard InChI is InChI=1S/C12H17N3O2/c1-8-3-9(5-14-4-8)15-12(16)10-6-17-7-11(10)13-2/h3-5,10-11,13H,6-7H2,1-2H3,(H,15,16). The predicted molar refractivity (Wildman–Crippen MR) is 64.8 cm³/mol. The molecule has 0 bridgehead atoms. The van der Waals surface area contributed by atoms with E-state index in [1.807, 2.05) is 20.0 Å². The van der Waals surface area contributed by atoms with Gasteiger partial charge < -0.3 is 15.4 Å². The Morgan fingerprint density at radius 2 is 2.29 bits per heavy atom. The van der Waals surface area contributed by atoms with Crippen LogP contribution < -0.4 is 10.6 Å². The molecule has 1 aromatic heterocycles. The van der Waals surface area contributed by atoms with E-state index in [9.17, 15) is 4.79 Å². The van der Waals surface area contributed by atoms with Crippen molar-refractivity contribution in [3.63, 3.8) is 0 Å². The zero-order chi connectivity index (χ0) is 12.3. The summed E-state index contributed by atoms with van der Waals surface area (Å²) < 4.78 is 5.30. The number of carbonyl (C=O) groups is 1. The van der Waals surface area contributed by atoms with E-state index in [1.165, 1.54) is 0 Å². The number of rotatable bonds is 3. The monoisotopic (exact) mass is 235 g/mol. The number of carbonyl (C=O) groups excluding carboxylic acids is 1. The van der Waals surface area contributed by atoms with Crippen molar-refractivity contribution in [2.24, 2.45) is 5.92 Å². The van der Waals surface area contributed by atoms with Gasteiger partial charge in [0, 0.05) is 12.2 Å². The first-order valence-corrected chi connectivity index (χ1v) is 5.68. The maximum Gasteiger partial charge on any atom is 0.231 e. The number of pyridine rings is 1. The summed E-state index contributed by atoms with van der Waals surface area (Å²) in [5.74, 6) is -0.158. The Balaban J connectivity index is 2.01. The number of aryl methyl sites for hydroxylation is 1. The molecule has 2 N–H and O–H groups in total. The topological polar surface area (TPSA) is 63.2 Å². The van der Waals surface area contributed by atoms with Gasteiger partial charge in [0.15, 0.2) is 0 Å². The van der Waals surface area contributed by atoms with Crippen molar-refractivity contribution < 1.29 is 9.53 Å². The van der Waals surface area contributed by atoms with Gasteiger partial charge in [-0.05, 0) is 25.6 Å². The molecule has 17 heavy (non-hydrogen) atoms. The van der Waals surface area contributed by atoms with Gasteiger partial charge in [-0.3, -0.25) is 9.78 Å². The Hall–Kier alpha value is -1.46. The molecule has 5 heteroatoms. The zero-order valence-corrected chi connectivity index (χ0v) is 10.1. The van der Waals surface area contributed by atoms with Gasteiger partial charge in [-0.2, -0.15) is 0 Å². The van der Waals surface area contributed by atoms with Crippen molar-refractivity contribution in [3.8, 4) is 0 Å². The molecule has 0 saturated carbocycles. The molecule has 2 atom stereocenters. The van der Waals surface area contributed by atoms with E-state index in [2.05, 4.69) is 15.6 Å². The first-order valence-electron chi connectivity index (χ1n) is 5.68. The highest BCUT2D eigenvalue weighted by Gasteiger charge is 2.32. The smallest absolute Gasteiger partial charge is 0.231 e. The molecule has 92 valence electrons. The molecule has 2 heterocycles. The summed E-state index contributed by atoms with van der Waals surface area (Å²) in [7, 11) is 1.84. The molecule has 2 unspecified atom stereocenters. The van der Waals surface area contributed by atoms with E-state index < -0.39 is 0 Å². The quantitative estimate of drug-likeness (QED) is 0.803. The van der Waals surface area contributed by atoms with E-state index >= 15 is 0 Å². The van der Waals surface area contributed by atoms with Gasteiger partial charge in [0.2, 0.25) is 5.91 Å². The Morgan fingerprint density at radius 1 is 1.47 bits per heavy atom. The Bertz CT molecular complexity index is 408. The number of anilines is 1. The molecule has 1 fully saturated rings. The minimum absolute atomic E-state index is 0.0192. The number of hydrogen-bond acceptors (Lipinski definition) is 4. The van der Waals surface area contributed by atoms with Gasteiger partial charge in [-0.15, -0.1) is 0 Å². The van der Waals surface area contributed by atoms with Crippen molar-refractivity contribution in [2.75, 3.05) is 25.6 Å². The Morgan fingerprint density at radius 3 is 3.00 bits per heavy atom. The van der Waals surface area contributed by atoms with Gasteiger partial charge >= 0.3 is 0 Å². The van der Waals surface area contributed by atoms with Gasteiger partial charge in [0.1, 0.15) is 0 Å². The molecular formula is C12H17N3O2. The van der Waals surface area contributed by atoms with E-state index in [4.69, 9.17) is 4.74 Å². The number of nitrogens with zero attached hydrogens (tertiary/aromatic N) is 1. The van der Waals surface area contributed by atoms with Crippen LogP contribution in [0.5, 0.6) is 0 Å². The number of amides is 1. The van der Waals surface area contributed by atoms with Crippen LogP contribution in [0.4, 0.5) is 5.69 Å². The largest absolute Gasteiger partial charge is 0.379 e. The molecular weight excluding hydrogens is 218 g/mol. The van der Waals surface area contributed by atoms with Crippen LogP contribution in [-0.2, 0) is 9.53 Å². The lowest BCUT2D eigenvalue weighted by atomic mass is 10.0. The summed E-state index contributed by atoms with van der Waals surface area (Å²) in [6, 6.07) is 1.99. The third kappa shape index (κ3) is 2.81. The molecule has 2 rings (SSSR count). The van der Waals surface area contributed by atoms with Gasteiger partial charge in [0.05, 0.1) is 31.0 Å². The second kappa shape index (κ2) is 5.25. The molecule has 0 aromatic carbocycles. The summed E-state index contributed by atoms with van der Waals surface area (Å²) in [4.78, 5) is 16.1. The number of hydrogen-bond donors (Lipinski definition) is 2. The number of ether oxygens (including phenoxy) is 1. The third-order valence-electron chi connectivity index (χ3n) is 2.93. The zero-order valence-electron chi connectivity index (χ0n) is 10.1. The Kier molecular flexibility index (Phi) is 3.71. The number of nitrogens with one attached hydrogen (secondary N) is 2. The summed E-state index contributed by atoms with van der Waals surface area (Å²) in [6.07, 6.45) is 3.40. The molecule has 0 aliphatic carbocycles. The van der Waals surface area contributed by atoms with Crippen molar-refractivity contribution in [3.05, 3.63) is 24.0 Å². The Labute approximate surface area is 101 Å². The minimum atomic E-state index is -0.138. The lowest BCUT2D eigenvalue weighted by Gasteiger charge is -2.16. The second-order valence-corrected chi connectivity index (χ2v) is 4.28. The van der Waals surface area contributed by atoms with Crippen LogP contribution in [-0.4, -0.2) is 37.2 Å². The fourth-order valence-electron chi connectivity index (χ4n) is 1.96. The average molecular weight is 235 g/mol. The lowest BCUT2D eigenvalue weighted by molar-refractivity contribution is -0.120. The highest BCUT2D eigenvalue weighted by Crippen LogP contribution is 2.16. The molecule has 1 aliphatic rings. The van der Waals surface area contributed by atoms with Crippen LogP contribution in [0.3, 0.4) is 0 Å². The van der Waals surface area contributed by atoms with E-state index in [-0.39, 0.29) is 17.9 Å². The lowest BCUT2D eigenvalue weighted by Crippen LogP contribution is -2.39. The van der Waals surface area contributed by atoms with Crippen molar-refractivity contribution in [2.45, 2.75) is 13.0 Å².